The molecule has 0 aliphatic carbocycles. The van der Waals surface area contributed by atoms with Crippen molar-refractivity contribution in [3.05, 3.63) is 60.1 Å². The van der Waals surface area contributed by atoms with E-state index >= 15 is 0 Å². The van der Waals surface area contributed by atoms with Crippen LogP contribution in [0.2, 0.25) is 0 Å². The zero-order valence-electron chi connectivity index (χ0n) is 16.2. The van der Waals surface area contributed by atoms with Crippen molar-refractivity contribution >= 4 is 15.9 Å². The number of hydrogen-bond acceptors (Lipinski definition) is 4. The van der Waals surface area contributed by atoms with Gasteiger partial charge in [0.25, 0.3) is 0 Å². The Morgan fingerprint density at radius 3 is 2.37 bits per heavy atom. The van der Waals surface area contributed by atoms with E-state index in [0.717, 1.165) is 11.8 Å². The molecule has 0 aliphatic heterocycles. The van der Waals surface area contributed by atoms with E-state index < -0.39 is 10.0 Å². The van der Waals surface area contributed by atoms with E-state index in [0.29, 0.717) is 31.8 Å². The summed E-state index contributed by atoms with van der Waals surface area (Å²) in [4.78, 5) is 14.6. The van der Waals surface area contributed by atoms with Crippen molar-refractivity contribution in [2.24, 2.45) is 5.92 Å². The van der Waals surface area contributed by atoms with Crippen LogP contribution in [0.15, 0.2) is 53.1 Å². The minimum Gasteiger partial charge on any atom is -0.467 e. The lowest BCUT2D eigenvalue weighted by atomic mass is 10.1. The monoisotopic (exact) mass is 392 g/mol. The average molecular weight is 393 g/mol. The van der Waals surface area contributed by atoms with Gasteiger partial charge in [-0.2, -0.15) is 4.31 Å². The highest BCUT2D eigenvalue weighted by Crippen LogP contribution is 2.11. The maximum absolute atomic E-state index is 12.9. The van der Waals surface area contributed by atoms with Crippen molar-refractivity contribution in [3.8, 4) is 0 Å². The Morgan fingerprint density at radius 2 is 1.81 bits per heavy atom. The first-order chi connectivity index (χ1) is 12.8. The maximum atomic E-state index is 12.9. The van der Waals surface area contributed by atoms with Crippen LogP contribution in [0.5, 0.6) is 0 Å². The molecule has 27 heavy (non-hydrogen) atoms. The topological polar surface area (TPSA) is 70.8 Å². The molecule has 0 atom stereocenters. The van der Waals surface area contributed by atoms with E-state index in [4.69, 9.17) is 4.42 Å². The number of benzene rings is 1. The molecule has 2 rings (SSSR count). The Labute approximate surface area is 161 Å². The molecule has 6 nitrogen and oxygen atoms in total. The summed E-state index contributed by atoms with van der Waals surface area (Å²) in [6.07, 6.45) is 3.40. The zero-order chi connectivity index (χ0) is 19.9. The van der Waals surface area contributed by atoms with E-state index in [2.05, 4.69) is 0 Å². The molecule has 0 spiro atoms. The number of carbonyl (C=O) groups excluding carboxylic acids is 1. The molecule has 7 heteroatoms. The van der Waals surface area contributed by atoms with Gasteiger partial charge in [-0.1, -0.05) is 44.2 Å². The highest BCUT2D eigenvalue weighted by molar-refractivity contribution is 7.88. The average Bonchev–Trinajstić information content (AvgIpc) is 3.10. The van der Waals surface area contributed by atoms with Gasteiger partial charge in [-0.25, -0.2) is 8.42 Å². The Hall–Kier alpha value is -2.12. The molecule has 0 aliphatic rings. The second kappa shape index (κ2) is 9.71. The summed E-state index contributed by atoms with van der Waals surface area (Å²) in [7, 11) is -3.46. The molecule has 2 aromatic rings. The third-order valence-electron chi connectivity index (χ3n) is 4.14. The number of furan rings is 1. The molecule has 148 valence electrons. The summed E-state index contributed by atoms with van der Waals surface area (Å²) in [5.74, 6) is 0.579. The molecule has 0 bridgehead atoms. The fourth-order valence-corrected chi connectivity index (χ4v) is 3.68. The molecular weight excluding hydrogens is 364 g/mol. The lowest BCUT2D eigenvalue weighted by Crippen LogP contribution is -2.44. The van der Waals surface area contributed by atoms with Crippen molar-refractivity contribution in [2.45, 2.75) is 26.8 Å². The minimum atomic E-state index is -3.46. The standard InChI is InChI=1S/C20H28N2O4S/c1-17(2)14-22(27(3,24)25)16-20(23)21(15-19-10-7-13-26-19)12-11-18-8-5-4-6-9-18/h4-10,13,17H,11-12,14-16H2,1-3H3. The third kappa shape index (κ3) is 7.19. The summed E-state index contributed by atoms with van der Waals surface area (Å²) < 4.78 is 30.7. The van der Waals surface area contributed by atoms with Crippen LogP contribution in [0.3, 0.4) is 0 Å². The van der Waals surface area contributed by atoms with Crippen LogP contribution in [0.1, 0.15) is 25.2 Å². The van der Waals surface area contributed by atoms with Gasteiger partial charge in [0, 0.05) is 13.1 Å². The molecule has 1 amide bonds. The van der Waals surface area contributed by atoms with Crippen LogP contribution in [0.4, 0.5) is 0 Å². The largest absolute Gasteiger partial charge is 0.467 e. The van der Waals surface area contributed by atoms with Crippen molar-refractivity contribution < 1.29 is 17.6 Å². The Balaban J connectivity index is 2.11. The Kier molecular flexibility index (Phi) is 7.62. The van der Waals surface area contributed by atoms with Crippen molar-refractivity contribution in [1.82, 2.24) is 9.21 Å². The summed E-state index contributed by atoms with van der Waals surface area (Å²) in [6.45, 7) is 4.82. The molecule has 0 N–H and O–H groups in total. The van der Waals surface area contributed by atoms with Gasteiger partial charge >= 0.3 is 0 Å². The van der Waals surface area contributed by atoms with Gasteiger partial charge in [0.05, 0.1) is 25.6 Å². The van der Waals surface area contributed by atoms with Crippen molar-refractivity contribution in [3.63, 3.8) is 0 Å². The lowest BCUT2D eigenvalue weighted by molar-refractivity contribution is -0.132. The molecule has 0 radical (unpaired) electrons. The van der Waals surface area contributed by atoms with Crippen LogP contribution in [0.25, 0.3) is 0 Å². The second-order valence-electron chi connectivity index (χ2n) is 7.08. The first-order valence-corrected chi connectivity index (χ1v) is 10.9. The number of rotatable bonds is 10. The number of amides is 1. The summed E-state index contributed by atoms with van der Waals surface area (Å²) in [5, 5.41) is 0. The fourth-order valence-electron chi connectivity index (χ4n) is 2.77. The first kappa shape index (κ1) is 21.2. The second-order valence-corrected chi connectivity index (χ2v) is 9.06. The smallest absolute Gasteiger partial charge is 0.238 e. The van der Waals surface area contributed by atoms with E-state index in [1.54, 1.807) is 17.2 Å². The van der Waals surface area contributed by atoms with Crippen LogP contribution in [0, 0.1) is 5.92 Å². The number of carbonyl (C=O) groups is 1. The van der Waals surface area contributed by atoms with E-state index in [-0.39, 0.29) is 18.4 Å². The van der Waals surface area contributed by atoms with E-state index in [1.807, 2.05) is 50.2 Å². The van der Waals surface area contributed by atoms with Gasteiger partial charge in [0.15, 0.2) is 0 Å². The number of nitrogens with zero attached hydrogens (tertiary/aromatic N) is 2. The SMILES string of the molecule is CC(C)CN(CC(=O)N(CCc1ccccc1)Cc1ccco1)S(C)(=O)=O. The lowest BCUT2D eigenvalue weighted by Gasteiger charge is -2.27. The van der Waals surface area contributed by atoms with Crippen LogP contribution in [-0.2, 0) is 27.8 Å². The predicted molar refractivity (Wildman–Crippen MR) is 106 cm³/mol. The minimum absolute atomic E-state index is 0.135. The third-order valence-corrected chi connectivity index (χ3v) is 5.36. The highest BCUT2D eigenvalue weighted by Gasteiger charge is 2.24. The highest BCUT2D eigenvalue weighted by atomic mass is 32.2. The van der Waals surface area contributed by atoms with Crippen LogP contribution >= 0.6 is 0 Å². The van der Waals surface area contributed by atoms with Gasteiger partial charge < -0.3 is 9.32 Å². The van der Waals surface area contributed by atoms with Gasteiger partial charge in [-0.15, -0.1) is 0 Å². The van der Waals surface area contributed by atoms with Gasteiger partial charge in [0.2, 0.25) is 15.9 Å². The quantitative estimate of drug-likeness (QED) is 0.623. The molecule has 0 saturated carbocycles. The van der Waals surface area contributed by atoms with Gasteiger partial charge in [-0.3, -0.25) is 4.79 Å². The van der Waals surface area contributed by atoms with Crippen molar-refractivity contribution in [2.75, 3.05) is 25.9 Å². The molecule has 1 aromatic heterocycles. The summed E-state index contributed by atoms with van der Waals surface area (Å²) in [5.41, 5.74) is 1.12. The Bertz CT molecular complexity index is 802. The molecule has 0 saturated heterocycles. The summed E-state index contributed by atoms with van der Waals surface area (Å²) in [6, 6.07) is 13.5. The fraction of sp³-hybridized carbons (Fsp3) is 0.450. The molecule has 0 fully saturated rings. The van der Waals surface area contributed by atoms with Crippen LogP contribution in [-0.4, -0.2) is 49.4 Å². The summed E-state index contributed by atoms with van der Waals surface area (Å²) >= 11 is 0. The van der Waals surface area contributed by atoms with Gasteiger partial charge in [0.1, 0.15) is 5.76 Å². The van der Waals surface area contributed by atoms with E-state index in [9.17, 15) is 13.2 Å². The number of hydrogen-bond donors (Lipinski definition) is 0. The van der Waals surface area contributed by atoms with E-state index in [1.165, 1.54) is 4.31 Å². The molecule has 1 heterocycles. The zero-order valence-corrected chi connectivity index (χ0v) is 17.0. The maximum Gasteiger partial charge on any atom is 0.238 e. The molecular formula is C20H28N2O4S. The van der Waals surface area contributed by atoms with Gasteiger partial charge in [-0.05, 0) is 30.0 Å². The predicted octanol–water partition coefficient (Wildman–Crippen LogP) is 2.77. The number of sulfonamides is 1. The molecule has 0 unspecified atom stereocenters. The Morgan fingerprint density at radius 1 is 1.11 bits per heavy atom. The van der Waals surface area contributed by atoms with Crippen molar-refractivity contribution in [1.29, 1.82) is 0 Å². The molecule has 1 aromatic carbocycles. The normalized spacial score (nSPS) is 11.9. The first-order valence-electron chi connectivity index (χ1n) is 9.05. The van der Waals surface area contributed by atoms with Crippen LogP contribution < -0.4 is 0 Å².